The Kier molecular flexibility index (Phi) is 5.05. The van der Waals surface area contributed by atoms with Gasteiger partial charge >= 0.3 is 0 Å². The molecule has 0 fully saturated rings. The number of nitrogens with one attached hydrogen (secondary N) is 1. The number of nitrogens with zero attached hydrogens (tertiary/aromatic N) is 2. The van der Waals surface area contributed by atoms with Gasteiger partial charge in [0.2, 0.25) is 11.8 Å². The first-order valence-corrected chi connectivity index (χ1v) is 8.75. The minimum absolute atomic E-state index is 0.0878. The number of rotatable bonds is 6. The Morgan fingerprint density at radius 3 is 2.58 bits per heavy atom. The van der Waals surface area contributed by atoms with Gasteiger partial charge in [0.15, 0.2) is 0 Å². The van der Waals surface area contributed by atoms with Crippen LogP contribution in [0.4, 0.5) is 0 Å². The first-order chi connectivity index (χ1) is 11.7. The van der Waals surface area contributed by atoms with Crippen molar-refractivity contribution < 1.29 is 9.21 Å². The van der Waals surface area contributed by atoms with Crippen LogP contribution in [0, 0.1) is 6.92 Å². The maximum atomic E-state index is 12.0. The van der Waals surface area contributed by atoms with Gasteiger partial charge < -0.3 is 9.73 Å². The van der Waals surface area contributed by atoms with Crippen LogP contribution in [-0.2, 0) is 24.2 Å². The zero-order valence-electron chi connectivity index (χ0n) is 13.7. The Morgan fingerprint density at radius 1 is 1.17 bits per heavy atom. The van der Waals surface area contributed by atoms with E-state index in [-0.39, 0.29) is 12.3 Å². The van der Waals surface area contributed by atoms with E-state index in [9.17, 15) is 4.79 Å². The minimum atomic E-state index is -0.132. The molecule has 0 spiro atoms. The number of hydrogen-bond donors (Lipinski definition) is 1. The van der Waals surface area contributed by atoms with Crippen LogP contribution in [0.1, 0.15) is 29.5 Å². The van der Waals surface area contributed by atoms with Gasteiger partial charge in [-0.3, -0.25) is 4.79 Å². The molecular weight excluding hydrogens is 322 g/mol. The summed E-state index contributed by atoms with van der Waals surface area (Å²) in [6.45, 7) is 4.60. The van der Waals surface area contributed by atoms with Crippen LogP contribution in [0.3, 0.4) is 0 Å². The maximum absolute atomic E-state index is 12.0. The standard InChI is InChI=1S/C18H19N3O2S/c1-3-13-4-6-14(7-5-13)11-19-15(22)10-16-20-21-18(23-16)17-12(2)8-9-24-17/h4-9H,3,10-11H2,1-2H3,(H,19,22). The number of carbonyl (C=O) groups excluding carboxylic acids is 1. The molecule has 0 saturated heterocycles. The summed E-state index contributed by atoms with van der Waals surface area (Å²) < 4.78 is 5.59. The van der Waals surface area contributed by atoms with E-state index < -0.39 is 0 Å². The molecule has 0 aliphatic carbocycles. The van der Waals surface area contributed by atoms with Gasteiger partial charge in [-0.1, -0.05) is 31.2 Å². The van der Waals surface area contributed by atoms with E-state index >= 15 is 0 Å². The number of hydrogen-bond acceptors (Lipinski definition) is 5. The van der Waals surface area contributed by atoms with Crippen LogP contribution in [-0.4, -0.2) is 16.1 Å². The summed E-state index contributed by atoms with van der Waals surface area (Å²) in [6, 6.07) is 10.2. The monoisotopic (exact) mass is 341 g/mol. The molecule has 1 aromatic carbocycles. The molecule has 5 nitrogen and oxygen atoms in total. The third-order valence-corrected chi connectivity index (χ3v) is 4.76. The number of carbonyl (C=O) groups is 1. The maximum Gasteiger partial charge on any atom is 0.258 e. The molecule has 124 valence electrons. The van der Waals surface area contributed by atoms with Gasteiger partial charge in [-0.05, 0) is 41.5 Å². The molecule has 0 aliphatic heterocycles. The zero-order valence-corrected chi connectivity index (χ0v) is 14.5. The predicted molar refractivity (Wildman–Crippen MR) is 93.7 cm³/mol. The van der Waals surface area contributed by atoms with Crippen LogP contribution < -0.4 is 5.32 Å². The lowest BCUT2D eigenvalue weighted by Crippen LogP contribution is -2.24. The minimum Gasteiger partial charge on any atom is -0.419 e. The molecule has 2 heterocycles. The van der Waals surface area contributed by atoms with E-state index in [1.54, 1.807) is 11.3 Å². The lowest BCUT2D eigenvalue weighted by molar-refractivity contribution is -0.120. The summed E-state index contributed by atoms with van der Waals surface area (Å²) in [4.78, 5) is 13.0. The molecule has 3 rings (SSSR count). The van der Waals surface area contributed by atoms with Crippen molar-refractivity contribution in [2.45, 2.75) is 33.2 Å². The molecule has 24 heavy (non-hydrogen) atoms. The summed E-state index contributed by atoms with van der Waals surface area (Å²) in [5.41, 5.74) is 3.45. The number of thiophene rings is 1. The third kappa shape index (κ3) is 3.89. The fourth-order valence-electron chi connectivity index (χ4n) is 2.30. The Morgan fingerprint density at radius 2 is 1.92 bits per heavy atom. The normalized spacial score (nSPS) is 10.8. The van der Waals surface area contributed by atoms with Crippen LogP contribution in [0.15, 0.2) is 40.1 Å². The van der Waals surface area contributed by atoms with Crippen LogP contribution in [0.5, 0.6) is 0 Å². The van der Waals surface area contributed by atoms with Gasteiger partial charge in [-0.25, -0.2) is 0 Å². The first kappa shape index (κ1) is 16.4. The van der Waals surface area contributed by atoms with Gasteiger partial charge in [-0.15, -0.1) is 21.5 Å². The van der Waals surface area contributed by atoms with E-state index in [1.165, 1.54) is 5.56 Å². The van der Waals surface area contributed by atoms with E-state index in [4.69, 9.17) is 4.42 Å². The number of amides is 1. The largest absolute Gasteiger partial charge is 0.419 e. The highest BCUT2D eigenvalue weighted by molar-refractivity contribution is 7.13. The van der Waals surface area contributed by atoms with E-state index in [2.05, 4.69) is 34.6 Å². The molecule has 0 bridgehead atoms. The smallest absolute Gasteiger partial charge is 0.258 e. The topological polar surface area (TPSA) is 68.0 Å². The fraction of sp³-hybridized carbons (Fsp3) is 0.278. The highest BCUT2D eigenvalue weighted by Gasteiger charge is 2.14. The second-order valence-electron chi connectivity index (χ2n) is 5.56. The molecule has 0 atom stereocenters. The van der Waals surface area contributed by atoms with Crippen molar-refractivity contribution in [2.75, 3.05) is 0 Å². The summed E-state index contributed by atoms with van der Waals surface area (Å²) in [7, 11) is 0. The van der Waals surface area contributed by atoms with Crippen molar-refractivity contribution in [3.05, 3.63) is 58.3 Å². The fourth-order valence-corrected chi connectivity index (χ4v) is 3.15. The lowest BCUT2D eigenvalue weighted by atomic mass is 10.1. The predicted octanol–water partition coefficient (Wildman–Crippen LogP) is 3.53. The van der Waals surface area contributed by atoms with Crippen molar-refractivity contribution in [3.63, 3.8) is 0 Å². The van der Waals surface area contributed by atoms with Gasteiger partial charge in [-0.2, -0.15) is 0 Å². The second-order valence-corrected chi connectivity index (χ2v) is 6.47. The van der Waals surface area contributed by atoms with Crippen LogP contribution in [0.2, 0.25) is 0 Å². The summed E-state index contributed by atoms with van der Waals surface area (Å²) in [5.74, 6) is 0.671. The SMILES string of the molecule is CCc1ccc(CNC(=O)Cc2nnc(-c3sccc3C)o2)cc1. The summed E-state index contributed by atoms with van der Waals surface area (Å²) in [5, 5.41) is 12.8. The molecule has 0 radical (unpaired) electrons. The van der Waals surface area contributed by atoms with Gasteiger partial charge in [0.05, 0.1) is 4.88 Å². The van der Waals surface area contributed by atoms with Crippen LogP contribution >= 0.6 is 11.3 Å². The van der Waals surface area contributed by atoms with E-state index in [1.807, 2.05) is 30.5 Å². The Balaban J connectivity index is 1.55. The van der Waals surface area contributed by atoms with Crippen molar-refractivity contribution in [1.82, 2.24) is 15.5 Å². The quantitative estimate of drug-likeness (QED) is 0.745. The summed E-state index contributed by atoms with van der Waals surface area (Å²) in [6.07, 6.45) is 1.10. The Hall–Kier alpha value is -2.47. The molecule has 0 unspecified atom stereocenters. The van der Waals surface area contributed by atoms with Crippen molar-refractivity contribution in [2.24, 2.45) is 0 Å². The van der Waals surface area contributed by atoms with Gasteiger partial charge in [0.1, 0.15) is 6.42 Å². The third-order valence-electron chi connectivity index (χ3n) is 3.76. The molecule has 0 saturated carbocycles. The van der Waals surface area contributed by atoms with Crippen molar-refractivity contribution in [3.8, 4) is 10.8 Å². The average molecular weight is 341 g/mol. The number of benzene rings is 1. The summed E-state index contributed by atoms with van der Waals surface area (Å²) >= 11 is 1.55. The van der Waals surface area contributed by atoms with Crippen molar-refractivity contribution >= 4 is 17.2 Å². The highest BCUT2D eigenvalue weighted by atomic mass is 32.1. The Bertz CT molecular complexity index is 821. The molecule has 0 aliphatic rings. The number of aromatic nitrogens is 2. The first-order valence-electron chi connectivity index (χ1n) is 7.87. The van der Waals surface area contributed by atoms with Gasteiger partial charge in [0.25, 0.3) is 5.89 Å². The average Bonchev–Trinajstić information content (AvgIpc) is 3.22. The molecule has 2 aromatic heterocycles. The molecule has 3 aromatic rings. The molecule has 1 amide bonds. The lowest BCUT2D eigenvalue weighted by Gasteiger charge is -2.04. The Labute approximate surface area is 144 Å². The number of aryl methyl sites for hydroxylation is 2. The van der Waals surface area contributed by atoms with Gasteiger partial charge in [0, 0.05) is 6.54 Å². The molecule has 1 N–H and O–H groups in total. The van der Waals surface area contributed by atoms with Crippen molar-refractivity contribution in [1.29, 1.82) is 0 Å². The molecule has 6 heteroatoms. The van der Waals surface area contributed by atoms with E-state index in [0.29, 0.717) is 18.3 Å². The molecular formula is C18H19N3O2S. The second kappa shape index (κ2) is 7.40. The van der Waals surface area contributed by atoms with Crippen LogP contribution in [0.25, 0.3) is 10.8 Å². The van der Waals surface area contributed by atoms with E-state index in [0.717, 1.165) is 22.4 Å². The zero-order chi connectivity index (χ0) is 16.9. The highest BCUT2D eigenvalue weighted by Crippen LogP contribution is 2.27.